The molecule has 0 atom stereocenters. The Balaban J connectivity index is -0.000000980. The smallest absolute Gasteiger partial charge is 0.303 e. The molecule has 0 unspecified atom stereocenters. The van der Waals surface area contributed by atoms with Gasteiger partial charge in [-0.2, -0.15) is 0 Å². The maximum atomic E-state index is 10.3. The van der Waals surface area contributed by atoms with Crippen molar-refractivity contribution in [3.63, 3.8) is 0 Å². The first-order chi connectivity index (χ1) is 6.83. The van der Waals surface area contributed by atoms with Crippen molar-refractivity contribution in [2.24, 2.45) is 0 Å². The molecule has 0 saturated heterocycles. The second-order valence-corrected chi connectivity index (χ2v) is 9.99. The number of carboxylic acid groups (broad SMARTS) is 2. The van der Waals surface area contributed by atoms with Gasteiger partial charge in [0.1, 0.15) is 0 Å². The van der Waals surface area contributed by atoms with Gasteiger partial charge in [-0.05, 0) is 12.8 Å². The van der Waals surface area contributed by atoms with Crippen molar-refractivity contribution in [1.82, 2.24) is 0 Å². The van der Waals surface area contributed by atoms with Crippen LogP contribution in [0.1, 0.15) is 25.7 Å². The topological polar surface area (TPSA) is 74.6 Å². The Kier molecular flexibility index (Phi) is 14.0. The van der Waals surface area contributed by atoms with Crippen LogP contribution in [0.3, 0.4) is 0 Å². The van der Waals surface area contributed by atoms with E-state index in [0.29, 0.717) is 0 Å². The van der Waals surface area contributed by atoms with Crippen molar-refractivity contribution in [2.45, 2.75) is 50.9 Å². The molecule has 0 aliphatic rings. The van der Waals surface area contributed by atoms with Crippen molar-refractivity contribution in [1.29, 1.82) is 0 Å². The number of aliphatic carboxylic acids is 2. The van der Waals surface area contributed by atoms with Crippen LogP contribution in [0.4, 0.5) is 0 Å². The fourth-order valence-electron chi connectivity index (χ4n) is 1.56. The van der Waals surface area contributed by atoms with E-state index in [1.54, 1.807) is 0 Å². The molecule has 0 bridgehead atoms. The van der Waals surface area contributed by atoms with Crippen molar-refractivity contribution in [3.05, 3.63) is 0 Å². The number of rotatable bonds is 8. The van der Waals surface area contributed by atoms with Gasteiger partial charge in [-0.25, -0.2) is 0 Å². The summed E-state index contributed by atoms with van der Waals surface area (Å²) in [5.41, 5.74) is 0. The van der Waals surface area contributed by atoms with E-state index in [-0.39, 0.29) is 37.7 Å². The van der Waals surface area contributed by atoms with Crippen LogP contribution in [0.15, 0.2) is 0 Å². The van der Waals surface area contributed by atoms with Crippen molar-refractivity contribution < 1.29 is 19.8 Å². The lowest BCUT2D eigenvalue weighted by atomic mass is 10.3. The van der Waals surface area contributed by atoms with Crippen molar-refractivity contribution in [3.8, 4) is 0 Å². The van der Waals surface area contributed by atoms with Crippen LogP contribution in [-0.2, 0) is 9.59 Å². The predicted octanol–water partition coefficient (Wildman–Crippen LogP) is 3.27. The monoisotopic (exact) mass is 304 g/mol. The molecular weight excluding hydrogens is 283 g/mol. The SMILES string of the molecule is C[Si](C)(CCCC(=O)O)CCCC(=O)O.Cl.Cl. The largest absolute Gasteiger partial charge is 0.481 e. The minimum Gasteiger partial charge on any atom is -0.481 e. The summed E-state index contributed by atoms with van der Waals surface area (Å²) < 4.78 is 0. The van der Waals surface area contributed by atoms with Gasteiger partial charge >= 0.3 is 11.9 Å². The van der Waals surface area contributed by atoms with Gasteiger partial charge in [0, 0.05) is 20.9 Å². The van der Waals surface area contributed by atoms with Gasteiger partial charge in [-0.3, -0.25) is 9.59 Å². The Bertz CT molecular complexity index is 212. The molecule has 0 amide bonds. The highest BCUT2D eigenvalue weighted by Gasteiger charge is 2.20. The second kappa shape index (κ2) is 10.9. The van der Waals surface area contributed by atoms with E-state index < -0.39 is 20.0 Å². The molecule has 7 heteroatoms. The molecule has 0 rings (SSSR count). The molecule has 0 aliphatic heterocycles. The lowest BCUT2D eigenvalue weighted by Crippen LogP contribution is -2.25. The molecule has 0 spiro atoms. The number of halogens is 2. The number of hydrogen-bond acceptors (Lipinski definition) is 2. The first kappa shape index (κ1) is 22.0. The average Bonchev–Trinajstić information content (AvgIpc) is 2.01. The van der Waals surface area contributed by atoms with Gasteiger partial charge in [-0.1, -0.05) is 25.2 Å². The third-order valence-corrected chi connectivity index (χ3v) is 5.90. The molecule has 0 aromatic carbocycles. The van der Waals surface area contributed by atoms with Crippen LogP contribution in [0.5, 0.6) is 0 Å². The molecular formula is C10H22Cl2O4Si. The van der Waals surface area contributed by atoms with E-state index in [0.717, 1.165) is 24.9 Å². The third kappa shape index (κ3) is 15.7. The Hall–Kier alpha value is -0.263. The maximum Gasteiger partial charge on any atom is 0.303 e. The summed E-state index contributed by atoms with van der Waals surface area (Å²) in [6, 6.07) is 1.94. The summed E-state index contributed by atoms with van der Waals surface area (Å²) in [7, 11) is -1.36. The van der Waals surface area contributed by atoms with Gasteiger partial charge in [0.05, 0.1) is 0 Å². The fourth-order valence-corrected chi connectivity index (χ4v) is 4.08. The molecule has 0 heterocycles. The van der Waals surface area contributed by atoms with Crippen LogP contribution in [0.2, 0.25) is 25.2 Å². The van der Waals surface area contributed by atoms with E-state index in [2.05, 4.69) is 13.1 Å². The van der Waals surface area contributed by atoms with Crippen molar-refractivity contribution in [2.75, 3.05) is 0 Å². The van der Waals surface area contributed by atoms with Crippen LogP contribution >= 0.6 is 24.8 Å². The van der Waals surface area contributed by atoms with E-state index >= 15 is 0 Å². The highest BCUT2D eigenvalue weighted by Crippen LogP contribution is 2.21. The summed E-state index contributed by atoms with van der Waals surface area (Å²) in [4.78, 5) is 20.7. The van der Waals surface area contributed by atoms with Gasteiger partial charge in [0.25, 0.3) is 0 Å². The summed E-state index contributed by atoms with van der Waals surface area (Å²) >= 11 is 0. The zero-order valence-electron chi connectivity index (χ0n) is 10.3. The Morgan fingerprint density at radius 2 is 1.18 bits per heavy atom. The van der Waals surface area contributed by atoms with Gasteiger partial charge in [0.15, 0.2) is 0 Å². The molecule has 104 valence electrons. The summed E-state index contributed by atoms with van der Waals surface area (Å²) in [5.74, 6) is -1.49. The van der Waals surface area contributed by atoms with Crippen molar-refractivity contribution >= 4 is 44.8 Å². The normalized spacial score (nSPS) is 10.0. The molecule has 0 radical (unpaired) electrons. The standard InChI is InChI=1S/C10H20O4Si.2ClH/c1-15(2,7-3-5-9(11)12)8-4-6-10(13)14;;/h3-8H2,1-2H3,(H,11,12)(H,13,14);2*1H. The van der Waals surface area contributed by atoms with E-state index in [1.165, 1.54) is 0 Å². The minimum absolute atomic E-state index is 0. The highest BCUT2D eigenvalue weighted by atomic mass is 35.5. The summed E-state index contributed by atoms with van der Waals surface area (Å²) in [5, 5.41) is 17.0. The van der Waals surface area contributed by atoms with E-state index in [1.807, 2.05) is 0 Å². The van der Waals surface area contributed by atoms with Gasteiger partial charge in [0.2, 0.25) is 0 Å². The Morgan fingerprint density at radius 1 is 0.882 bits per heavy atom. The maximum absolute atomic E-state index is 10.3. The quantitative estimate of drug-likeness (QED) is 0.675. The molecule has 0 aromatic rings. The zero-order valence-corrected chi connectivity index (χ0v) is 12.9. The molecule has 0 fully saturated rings. The lowest BCUT2D eigenvalue weighted by Gasteiger charge is -2.21. The van der Waals surface area contributed by atoms with E-state index in [4.69, 9.17) is 10.2 Å². The molecule has 0 saturated carbocycles. The minimum atomic E-state index is -1.36. The molecule has 2 N–H and O–H groups in total. The second-order valence-electron chi connectivity index (χ2n) is 4.66. The van der Waals surface area contributed by atoms with Crippen LogP contribution in [0.25, 0.3) is 0 Å². The van der Waals surface area contributed by atoms with Gasteiger partial charge in [-0.15, -0.1) is 24.8 Å². The fraction of sp³-hybridized carbons (Fsp3) is 0.800. The molecule has 17 heavy (non-hydrogen) atoms. The van der Waals surface area contributed by atoms with Crippen LogP contribution < -0.4 is 0 Å². The molecule has 0 aromatic heterocycles. The third-order valence-electron chi connectivity index (χ3n) is 2.49. The van der Waals surface area contributed by atoms with Crippen LogP contribution in [-0.4, -0.2) is 30.2 Å². The Labute approximate surface area is 116 Å². The highest BCUT2D eigenvalue weighted by molar-refractivity contribution is 6.77. The zero-order chi connectivity index (χ0) is 11.9. The molecule has 0 aliphatic carbocycles. The first-order valence-corrected chi connectivity index (χ1v) is 8.68. The van der Waals surface area contributed by atoms with Gasteiger partial charge < -0.3 is 10.2 Å². The Morgan fingerprint density at radius 3 is 1.41 bits per heavy atom. The number of carboxylic acids is 2. The summed E-state index contributed by atoms with van der Waals surface area (Å²) in [6.07, 6.45) is 1.91. The molecule has 4 nitrogen and oxygen atoms in total. The number of carbonyl (C=O) groups is 2. The van der Waals surface area contributed by atoms with E-state index in [9.17, 15) is 9.59 Å². The average molecular weight is 305 g/mol. The number of hydrogen-bond donors (Lipinski definition) is 2. The summed E-state index contributed by atoms with van der Waals surface area (Å²) in [6.45, 7) is 4.38. The lowest BCUT2D eigenvalue weighted by molar-refractivity contribution is -0.138. The first-order valence-electron chi connectivity index (χ1n) is 5.27. The predicted molar refractivity (Wildman–Crippen MR) is 75.3 cm³/mol. The van der Waals surface area contributed by atoms with Crippen LogP contribution in [0, 0.1) is 0 Å².